The monoisotopic (exact) mass is 1400 g/mol. The van der Waals surface area contributed by atoms with Crippen molar-refractivity contribution in [3.63, 3.8) is 0 Å². The molecule has 0 aliphatic heterocycles. The summed E-state index contributed by atoms with van der Waals surface area (Å²) >= 11 is 0. The first-order valence-electron chi connectivity index (χ1n) is 35.6. The van der Waals surface area contributed by atoms with Crippen LogP contribution in [0.15, 0.2) is 233 Å². The van der Waals surface area contributed by atoms with Crippen molar-refractivity contribution in [2.24, 2.45) is 0 Å². The summed E-state index contributed by atoms with van der Waals surface area (Å²) in [6.45, 7) is 17.0. The van der Waals surface area contributed by atoms with Crippen molar-refractivity contribution in [3.05, 3.63) is 277 Å². The molecular weight excluding hydrogens is 1340 g/mol. The number of anilines is 12. The molecule has 108 heavy (non-hydrogen) atoms. The van der Waals surface area contributed by atoms with E-state index >= 15 is 0 Å². The van der Waals surface area contributed by atoms with Gasteiger partial charge in [-0.1, -0.05) is 24.3 Å². The molecule has 16 aromatic heterocycles. The first-order chi connectivity index (χ1) is 52.9. The molecule has 0 fully saturated rings. The molecule has 0 atom stereocenters. The van der Waals surface area contributed by atoms with Gasteiger partial charge in [0.1, 0.15) is 0 Å². The maximum Gasteiger partial charge on any atom is 0.161 e. The van der Waals surface area contributed by atoms with E-state index in [9.17, 15) is 0 Å². The Morgan fingerprint density at radius 3 is 0.472 bits per heavy atom. The number of aryl methyl sites for hydroxylation is 8. The number of aromatic nitrogens is 16. The van der Waals surface area contributed by atoms with E-state index < -0.39 is 0 Å². The fourth-order valence-corrected chi connectivity index (χ4v) is 16.4. The molecule has 0 amide bonds. The Bertz CT molecular complexity index is 6010. The highest BCUT2D eigenvalue weighted by molar-refractivity contribution is 6.34. The van der Waals surface area contributed by atoms with Crippen LogP contribution in [0.3, 0.4) is 0 Å². The molecule has 0 bridgehead atoms. The molecule has 0 saturated heterocycles. The van der Waals surface area contributed by atoms with E-state index in [0.29, 0.717) is 45.2 Å². The minimum atomic E-state index is 0.579. The van der Waals surface area contributed by atoms with E-state index in [4.69, 9.17) is 79.7 Å². The van der Waals surface area contributed by atoms with Crippen molar-refractivity contribution in [3.8, 4) is 0 Å². The molecule has 0 N–H and O–H groups in total. The quantitative estimate of drug-likeness (QED) is 0.104. The maximum absolute atomic E-state index is 5.04. The SMILES string of the molecule is Cc1cnc2ncccc2c1N(c1c(C)cnc2ncccc12)c1cc(N(c2c(C)cnc3ncccc23)c2c(C)cnc3ncccc23)c2ccc3c(N(c4c(C)cnc5ncccc45)c4c(C)cnc5ncccc45)cc(N(c4c(C)cnc5ncccc45)c4c(C)cnc5ncccc45)c4ccc1c2c43. The standard InChI is InChI=1S/C88H62N20/c1-47-39-97-81-59(17-9-29-89-81)73(47)105(74-48(2)40-98-82-60(74)18-10-30-90-82)67-37-68(106(75-49(3)41-99-83-61(75)19-11-31-91-83)76-50(4)42-100-84-62(76)20-12-32-92-84)56-27-28-58-70(108(79-53(7)45-103-87-65(79)23-15-35-95-87)80-54(8)46-104-88-66(80)24-16-36-96-88)38-69(57-26-25-55(67)71(56)72(57)58)107(77-51(5)43-101-85-63(77)21-13-33-93-85)78-52(6)44-102-86-64(78)22-14-34-94-86/h9-46H,1-8H3. The van der Waals surface area contributed by atoms with Crippen LogP contribution in [0.2, 0.25) is 0 Å². The first-order valence-corrected chi connectivity index (χ1v) is 35.6. The Kier molecular flexibility index (Phi) is 14.4. The van der Waals surface area contributed by atoms with Crippen molar-refractivity contribution in [1.29, 1.82) is 0 Å². The molecule has 0 saturated carbocycles. The predicted octanol–water partition coefficient (Wildman–Crippen LogP) is 20.5. The van der Waals surface area contributed by atoms with Crippen LogP contribution in [0.1, 0.15) is 44.5 Å². The molecule has 16 heterocycles. The molecule has 0 radical (unpaired) electrons. The van der Waals surface area contributed by atoms with Crippen molar-refractivity contribution < 1.29 is 0 Å². The van der Waals surface area contributed by atoms with Gasteiger partial charge in [-0.25, -0.2) is 79.7 Å². The van der Waals surface area contributed by atoms with Crippen LogP contribution in [0.4, 0.5) is 68.2 Å². The van der Waals surface area contributed by atoms with E-state index in [1.54, 1.807) is 49.6 Å². The Labute approximate surface area is 617 Å². The van der Waals surface area contributed by atoms with Crippen LogP contribution >= 0.6 is 0 Å². The molecule has 0 unspecified atom stereocenters. The maximum atomic E-state index is 5.04. The summed E-state index contributed by atoms with van der Waals surface area (Å²) in [6.07, 6.45) is 29.8. The molecule has 20 heteroatoms. The molecule has 514 valence electrons. The molecule has 20 rings (SSSR count). The molecule has 20 aromatic rings. The number of nitrogens with zero attached hydrogens (tertiary/aromatic N) is 20. The fraction of sp³-hybridized carbons (Fsp3) is 0.0909. The van der Waals surface area contributed by atoms with Gasteiger partial charge in [0.2, 0.25) is 0 Å². The minimum Gasteiger partial charge on any atom is -0.308 e. The Hall–Kier alpha value is -14.4. The molecule has 4 aromatic carbocycles. The second-order valence-electron chi connectivity index (χ2n) is 27.6. The average molecular weight is 1400 g/mol. The van der Waals surface area contributed by atoms with Crippen LogP contribution in [-0.4, -0.2) is 79.7 Å². The van der Waals surface area contributed by atoms with Gasteiger partial charge in [-0.3, -0.25) is 0 Å². The van der Waals surface area contributed by atoms with Crippen LogP contribution < -0.4 is 19.6 Å². The smallest absolute Gasteiger partial charge is 0.161 e. The second kappa shape index (κ2) is 24.6. The molecule has 20 nitrogen and oxygen atoms in total. The fourth-order valence-electron chi connectivity index (χ4n) is 16.4. The van der Waals surface area contributed by atoms with Crippen molar-refractivity contribution in [2.45, 2.75) is 55.4 Å². The van der Waals surface area contributed by atoms with Gasteiger partial charge >= 0.3 is 0 Å². The van der Waals surface area contributed by atoms with Crippen LogP contribution in [0.25, 0.3) is 121 Å². The number of fused-ring (bicyclic) bond motifs is 8. The van der Waals surface area contributed by atoms with E-state index in [-0.39, 0.29) is 0 Å². The third-order valence-corrected chi connectivity index (χ3v) is 20.9. The number of hydrogen-bond acceptors (Lipinski definition) is 20. The normalized spacial score (nSPS) is 11.9. The number of benzene rings is 4. The molecular formula is C88H62N20. The lowest BCUT2D eigenvalue weighted by atomic mass is 9.88. The predicted molar refractivity (Wildman–Crippen MR) is 432 cm³/mol. The molecule has 0 spiro atoms. The summed E-state index contributed by atoms with van der Waals surface area (Å²) in [4.78, 5) is 89.9. The minimum absolute atomic E-state index is 0.579. The Balaban J connectivity index is 1.07. The van der Waals surface area contributed by atoms with Crippen molar-refractivity contribution in [1.82, 2.24) is 79.7 Å². The molecule has 0 aliphatic rings. The van der Waals surface area contributed by atoms with Crippen LogP contribution in [0.5, 0.6) is 0 Å². The summed E-state index contributed by atoms with van der Waals surface area (Å²) in [5.41, 5.74) is 22.1. The average Bonchev–Trinajstić information content (AvgIpc) is 0.690. The third kappa shape index (κ3) is 9.62. The molecule has 0 aliphatic carbocycles. The van der Waals surface area contributed by atoms with Crippen LogP contribution in [-0.2, 0) is 0 Å². The van der Waals surface area contributed by atoms with Gasteiger partial charge in [-0.05, 0) is 209 Å². The summed E-state index contributed by atoms with van der Waals surface area (Å²) < 4.78 is 0. The highest BCUT2D eigenvalue weighted by atomic mass is 15.2. The van der Waals surface area contributed by atoms with E-state index in [0.717, 1.165) is 188 Å². The van der Waals surface area contributed by atoms with E-state index in [2.05, 4.69) is 160 Å². The van der Waals surface area contributed by atoms with Gasteiger partial charge in [0, 0.05) is 175 Å². The van der Waals surface area contributed by atoms with Gasteiger partial charge in [0.05, 0.1) is 68.2 Å². The van der Waals surface area contributed by atoms with Crippen molar-refractivity contribution in [2.75, 3.05) is 19.6 Å². The zero-order valence-electron chi connectivity index (χ0n) is 59.9. The lowest BCUT2D eigenvalue weighted by Crippen LogP contribution is -2.19. The lowest BCUT2D eigenvalue weighted by molar-refractivity contribution is 1.17. The van der Waals surface area contributed by atoms with Crippen molar-refractivity contribution >= 4 is 189 Å². The zero-order valence-corrected chi connectivity index (χ0v) is 59.9. The second-order valence-corrected chi connectivity index (χ2v) is 27.6. The third-order valence-electron chi connectivity index (χ3n) is 20.9. The lowest BCUT2D eigenvalue weighted by Gasteiger charge is -2.37. The topological polar surface area (TPSA) is 219 Å². The van der Waals surface area contributed by atoms with Gasteiger partial charge in [0.25, 0.3) is 0 Å². The Morgan fingerprint density at radius 1 is 0.176 bits per heavy atom. The number of rotatable bonds is 12. The van der Waals surface area contributed by atoms with Crippen LogP contribution in [0, 0.1) is 55.4 Å². The largest absolute Gasteiger partial charge is 0.308 e. The van der Waals surface area contributed by atoms with Gasteiger partial charge in [0.15, 0.2) is 45.2 Å². The van der Waals surface area contributed by atoms with E-state index in [1.807, 2.05) is 98.1 Å². The summed E-state index contributed by atoms with van der Waals surface area (Å²) in [7, 11) is 0. The highest BCUT2D eigenvalue weighted by Crippen LogP contribution is 2.59. The van der Waals surface area contributed by atoms with Gasteiger partial charge in [-0.15, -0.1) is 0 Å². The summed E-state index contributed by atoms with van der Waals surface area (Å²) in [6, 6.07) is 46.8. The zero-order chi connectivity index (χ0) is 72.7. The Morgan fingerprint density at radius 2 is 0.324 bits per heavy atom. The van der Waals surface area contributed by atoms with E-state index in [1.165, 1.54) is 0 Å². The number of hydrogen-bond donors (Lipinski definition) is 0. The summed E-state index contributed by atoms with van der Waals surface area (Å²) in [5, 5.41) is 12.2. The number of pyridine rings is 16. The summed E-state index contributed by atoms with van der Waals surface area (Å²) in [5.74, 6) is 0. The van der Waals surface area contributed by atoms with Gasteiger partial charge < -0.3 is 19.6 Å². The first kappa shape index (κ1) is 63.3. The van der Waals surface area contributed by atoms with Gasteiger partial charge in [-0.2, -0.15) is 0 Å². The highest BCUT2D eigenvalue weighted by Gasteiger charge is 2.36.